The predicted octanol–water partition coefficient (Wildman–Crippen LogP) is 3.67. The van der Waals surface area contributed by atoms with Crippen LogP contribution in [0.4, 0.5) is 0 Å². The maximum absolute atomic E-state index is 11.1. The van der Waals surface area contributed by atoms with Gasteiger partial charge in [0.15, 0.2) is 5.75 Å². The zero-order valence-electron chi connectivity index (χ0n) is 12.6. The molecule has 1 aromatic carbocycles. The molecule has 0 aliphatic carbocycles. The largest absolute Gasteiger partial charge is 0.503 e. The number of aromatic nitrogens is 1. The first-order chi connectivity index (χ1) is 10.1. The van der Waals surface area contributed by atoms with Crippen molar-refractivity contribution in [1.82, 2.24) is 4.57 Å². The van der Waals surface area contributed by atoms with Gasteiger partial charge in [-0.1, -0.05) is 42.7 Å². The van der Waals surface area contributed by atoms with Gasteiger partial charge in [0, 0.05) is 25.0 Å². The third-order valence-electron chi connectivity index (χ3n) is 3.71. The SMILES string of the molecule is Cc1ccc(CCCCCCn2ccc(=O)c(O)c2)cc1. The Labute approximate surface area is 125 Å². The highest BCUT2D eigenvalue weighted by Gasteiger charge is 1.98. The Bertz CT molecular complexity index is 614. The minimum absolute atomic E-state index is 0.170. The molecular formula is C18H23NO2. The van der Waals surface area contributed by atoms with E-state index in [-0.39, 0.29) is 11.2 Å². The van der Waals surface area contributed by atoms with Gasteiger partial charge in [0.05, 0.1) is 0 Å². The molecule has 3 heteroatoms. The van der Waals surface area contributed by atoms with Crippen LogP contribution in [0.2, 0.25) is 0 Å². The van der Waals surface area contributed by atoms with Gasteiger partial charge < -0.3 is 9.67 Å². The van der Waals surface area contributed by atoms with Gasteiger partial charge in [-0.25, -0.2) is 0 Å². The van der Waals surface area contributed by atoms with Gasteiger partial charge in [0.1, 0.15) is 0 Å². The van der Waals surface area contributed by atoms with Gasteiger partial charge in [-0.05, 0) is 31.7 Å². The van der Waals surface area contributed by atoms with Crippen molar-refractivity contribution < 1.29 is 5.11 Å². The van der Waals surface area contributed by atoms with Gasteiger partial charge >= 0.3 is 0 Å². The number of aromatic hydroxyl groups is 1. The summed E-state index contributed by atoms with van der Waals surface area (Å²) in [6, 6.07) is 10.2. The number of nitrogens with zero attached hydrogens (tertiary/aromatic N) is 1. The minimum atomic E-state index is -0.315. The Hall–Kier alpha value is -2.03. The lowest BCUT2D eigenvalue weighted by molar-refractivity contribution is 0.457. The fourth-order valence-corrected chi connectivity index (χ4v) is 2.38. The standard InChI is InChI=1S/C18H23NO2/c1-15-7-9-16(10-8-15)6-4-2-3-5-12-19-13-11-17(20)18(21)14-19/h7-11,13-14,21H,2-6,12H2,1H3. The van der Waals surface area contributed by atoms with Crippen molar-refractivity contribution in [3.05, 3.63) is 64.1 Å². The van der Waals surface area contributed by atoms with Gasteiger partial charge in [0.25, 0.3) is 0 Å². The van der Waals surface area contributed by atoms with Crippen LogP contribution in [0.1, 0.15) is 36.8 Å². The number of unbranched alkanes of at least 4 members (excludes halogenated alkanes) is 3. The van der Waals surface area contributed by atoms with Crippen molar-refractivity contribution in [3.63, 3.8) is 0 Å². The summed E-state index contributed by atoms with van der Waals surface area (Å²) < 4.78 is 1.87. The van der Waals surface area contributed by atoms with E-state index in [2.05, 4.69) is 31.2 Å². The van der Waals surface area contributed by atoms with Gasteiger partial charge in [0.2, 0.25) is 5.43 Å². The molecule has 21 heavy (non-hydrogen) atoms. The summed E-state index contributed by atoms with van der Waals surface area (Å²) in [6.45, 7) is 2.96. The maximum Gasteiger partial charge on any atom is 0.223 e. The van der Waals surface area contributed by atoms with E-state index in [0.29, 0.717) is 0 Å². The van der Waals surface area contributed by atoms with Gasteiger partial charge in [-0.3, -0.25) is 4.79 Å². The molecule has 2 aromatic rings. The summed E-state index contributed by atoms with van der Waals surface area (Å²) in [5.41, 5.74) is 2.40. The molecule has 1 N–H and O–H groups in total. The van der Waals surface area contributed by atoms with E-state index in [4.69, 9.17) is 0 Å². The van der Waals surface area contributed by atoms with Crippen LogP contribution < -0.4 is 5.43 Å². The zero-order valence-corrected chi connectivity index (χ0v) is 12.6. The molecule has 0 saturated heterocycles. The highest BCUT2D eigenvalue weighted by atomic mass is 16.3. The minimum Gasteiger partial charge on any atom is -0.503 e. The first kappa shape index (κ1) is 15.4. The van der Waals surface area contributed by atoms with E-state index in [1.807, 2.05) is 4.57 Å². The fraction of sp³-hybridized carbons (Fsp3) is 0.389. The molecule has 0 amide bonds. The molecule has 112 valence electrons. The van der Waals surface area contributed by atoms with Crippen LogP contribution in [0.25, 0.3) is 0 Å². The van der Waals surface area contributed by atoms with Gasteiger partial charge in [-0.2, -0.15) is 0 Å². The monoisotopic (exact) mass is 285 g/mol. The van der Waals surface area contributed by atoms with Crippen LogP contribution >= 0.6 is 0 Å². The quantitative estimate of drug-likeness (QED) is 0.789. The lowest BCUT2D eigenvalue weighted by atomic mass is 10.0. The number of rotatable bonds is 7. The summed E-state index contributed by atoms with van der Waals surface area (Å²) in [7, 11) is 0. The third kappa shape index (κ3) is 5.10. The second-order valence-corrected chi connectivity index (χ2v) is 5.58. The Morgan fingerprint density at radius 2 is 1.71 bits per heavy atom. The van der Waals surface area contributed by atoms with Crippen LogP contribution in [0.3, 0.4) is 0 Å². The van der Waals surface area contributed by atoms with Crippen molar-refractivity contribution in [2.24, 2.45) is 0 Å². The van der Waals surface area contributed by atoms with Gasteiger partial charge in [-0.15, -0.1) is 0 Å². The highest BCUT2D eigenvalue weighted by molar-refractivity contribution is 5.21. The van der Waals surface area contributed by atoms with Crippen LogP contribution in [0.15, 0.2) is 47.5 Å². The van der Waals surface area contributed by atoms with Crippen LogP contribution in [-0.4, -0.2) is 9.67 Å². The Morgan fingerprint density at radius 1 is 1.00 bits per heavy atom. The first-order valence-corrected chi connectivity index (χ1v) is 7.60. The Morgan fingerprint density at radius 3 is 2.43 bits per heavy atom. The van der Waals surface area contributed by atoms with Crippen LogP contribution in [0, 0.1) is 6.92 Å². The fourth-order valence-electron chi connectivity index (χ4n) is 2.38. The molecule has 0 unspecified atom stereocenters. The summed E-state index contributed by atoms with van der Waals surface area (Å²) in [5, 5.41) is 9.35. The maximum atomic E-state index is 11.1. The summed E-state index contributed by atoms with van der Waals surface area (Å²) in [6.07, 6.45) is 9.02. The van der Waals surface area contributed by atoms with Crippen molar-refractivity contribution >= 4 is 0 Å². The molecule has 0 saturated carbocycles. The van der Waals surface area contributed by atoms with E-state index in [1.165, 1.54) is 42.7 Å². The number of benzene rings is 1. The normalized spacial score (nSPS) is 10.7. The van der Waals surface area contributed by atoms with Crippen molar-refractivity contribution in [2.75, 3.05) is 0 Å². The molecule has 3 nitrogen and oxygen atoms in total. The average Bonchev–Trinajstić information content (AvgIpc) is 2.48. The smallest absolute Gasteiger partial charge is 0.223 e. The summed E-state index contributed by atoms with van der Waals surface area (Å²) in [5.74, 6) is -0.170. The van der Waals surface area contributed by atoms with E-state index in [0.717, 1.165) is 19.4 Å². The Kier molecular flexibility index (Phi) is 5.61. The lowest BCUT2D eigenvalue weighted by Crippen LogP contribution is -2.05. The molecule has 1 aromatic heterocycles. The average molecular weight is 285 g/mol. The van der Waals surface area contributed by atoms with Crippen molar-refractivity contribution in [3.8, 4) is 5.75 Å². The molecule has 0 aliphatic rings. The number of hydrogen-bond donors (Lipinski definition) is 1. The molecule has 0 spiro atoms. The predicted molar refractivity (Wildman–Crippen MR) is 85.7 cm³/mol. The first-order valence-electron chi connectivity index (χ1n) is 7.60. The molecule has 0 fully saturated rings. The third-order valence-corrected chi connectivity index (χ3v) is 3.71. The zero-order chi connectivity index (χ0) is 15.1. The summed E-state index contributed by atoms with van der Waals surface area (Å²) in [4.78, 5) is 11.1. The molecular weight excluding hydrogens is 262 g/mol. The highest BCUT2D eigenvalue weighted by Crippen LogP contribution is 2.10. The second-order valence-electron chi connectivity index (χ2n) is 5.58. The van der Waals surface area contributed by atoms with E-state index in [1.54, 1.807) is 6.20 Å². The van der Waals surface area contributed by atoms with Crippen LogP contribution in [0.5, 0.6) is 5.75 Å². The van der Waals surface area contributed by atoms with Crippen molar-refractivity contribution in [1.29, 1.82) is 0 Å². The number of pyridine rings is 1. The molecule has 1 heterocycles. The second kappa shape index (κ2) is 7.67. The van der Waals surface area contributed by atoms with Crippen molar-refractivity contribution in [2.45, 2.75) is 45.6 Å². The molecule has 2 rings (SSSR count). The number of hydrogen-bond acceptors (Lipinski definition) is 2. The molecule has 0 aliphatic heterocycles. The molecule has 0 bridgehead atoms. The van der Waals surface area contributed by atoms with E-state index < -0.39 is 0 Å². The Balaban J connectivity index is 1.62. The summed E-state index contributed by atoms with van der Waals surface area (Å²) >= 11 is 0. The topological polar surface area (TPSA) is 42.2 Å². The molecule has 0 radical (unpaired) electrons. The number of aryl methyl sites for hydroxylation is 3. The molecule has 0 atom stereocenters. The lowest BCUT2D eigenvalue weighted by Gasteiger charge is -2.06. The van der Waals surface area contributed by atoms with Crippen LogP contribution in [-0.2, 0) is 13.0 Å². The van der Waals surface area contributed by atoms with E-state index in [9.17, 15) is 9.90 Å². The van der Waals surface area contributed by atoms with E-state index >= 15 is 0 Å².